The van der Waals surface area contributed by atoms with Crippen LogP contribution in [0.2, 0.25) is 5.28 Å². The third kappa shape index (κ3) is 2.59. The molecule has 0 amide bonds. The molecular weight excluding hydrogens is 328 g/mol. The van der Waals surface area contributed by atoms with E-state index in [-0.39, 0.29) is 23.2 Å². The van der Waals surface area contributed by atoms with Crippen molar-refractivity contribution in [1.29, 1.82) is 0 Å². The molecule has 5 rings (SSSR count). The van der Waals surface area contributed by atoms with Gasteiger partial charge in [0.1, 0.15) is 5.82 Å². The molecule has 0 radical (unpaired) electrons. The molecule has 24 heavy (non-hydrogen) atoms. The Bertz CT molecular complexity index is 776. The third-order valence-corrected chi connectivity index (χ3v) is 5.61. The van der Waals surface area contributed by atoms with E-state index >= 15 is 0 Å². The van der Waals surface area contributed by atoms with E-state index in [1.54, 1.807) is 6.20 Å². The predicted molar refractivity (Wildman–Crippen MR) is 90.7 cm³/mol. The van der Waals surface area contributed by atoms with Crippen molar-refractivity contribution in [2.75, 3.05) is 12.4 Å². The zero-order chi connectivity index (χ0) is 16.7. The van der Waals surface area contributed by atoms with Gasteiger partial charge in [-0.2, -0.15) is 4.98 Å². The van der Waals surface area contributed by atoms with E-state index in [9.17, 15) is 4.79 Å². The zero-order valence-electron chi connectivity index (χ0n) is 13.4. The number of carbonyl (C=O) groups is 1. The first kappa shape index (κ1) is 15.6. The number of nitrogens with zero attached hydrogens (tertiary/aromatic N) is 3. The average molecular weight is 347 g/mol. The minimum atomic E-state index is -0.136. The maximum absolute atomic E-state index is 12.4. The molecule has 6 nitrogen and oxygen atoms in total. The molecule has 2 bridgehead atoms. The van der Waals surface area contributed by atoms with Gasteiger partial charge in [-0.15, -0.1) is 0 Å². The monoisotopic (exact) mass is 346 g/mol. The number of hydrogen-bond acceptors (Lipinski definition) is 6. The van der Waals surface area contributed by atoms with E-state index in [1.807, 2.05) is 12.1 Å². The van der Waals surface area contributed by atoms with E-state index in [1.165, 1.54) is 7.11 Å². The summed E-state index contributed by atoms with van der Waals surface area (Å²) in [6.45, 7) is 0. The Morgan fingerprint density at radius 3 is 2.75 bits per heavy atom. The number of rotatable bonds is 3. The van der Waals surface area contributed by atoms with Crippen LogP contribution >= 0.6 is 11.6 Å². The van der Waals surface area contributed by atoms with Gasteiger partial charge in [-0.3, -0.25) is 4.79 Å². The molecule has 3 aliphatic carbocycles. The lowest BCUT2D eigenvalue weighted by Crippen LogP contribution is -2.51. The van der Waals surface area contributed by atoms with Crippen molar-refractivity contribution in [3.63, 3.8) is 0 Å². The number of anilines is 1. The van der Waals surface area contributed by atoms with Gasteiger partial charge in [0.15, 0.2) is 5.65 Å². The molecular formula is C17H19ClN4O2. The summed E-state index contributed by atoms with van der Waals surface area (Å²) in [6.07, 6.45) is 6.12. The van der Waals surface area contributed by atoms with Crippen molar-refractivity contribution in [3.05, 3.63) is 23.6 Å². The van der Waals surface area contributed by atoms with Crippen LogP contribution in [-0.2, 0) is 9.53 Å². The first-order valence-electron chi connectivity index (χ1n) is 8.30. The molecule has 0 aliphatic heterocycles. The maximum atomic E-state index is 12.4. The summed E-state index contributed by atoms with van der Waals surface area (Å²) in [4.78, 5) is 25.1. The Morgan fingerprint density at radius 1 is 1.25 bits per heavy atom. The standard InChI is InChI=1S/C17H19ClN4O2/c1-24-16(23)12-9-4-6-10(7-5-9)13(12)20-15-11-3-2-8-19-14(11)21-17(18)22-15/h2-3,8-10,12-13H,4-7H2,1H3,(H,19,20,21,22). The van der Waals surface area contributed by atoms with Gasteiger partial charge in [0.05, 0.1) is 18.4 Å². The highest BCUT2D eigenvalue weighted by Crippen LogP contribution is 2.46. The molecule has 7 heteroatoms. The van der Waals surface area contributed by atoms with Crippen molar-refractivity contribution in [1.82, 2.24) is 15.0 Å². The summed E-state index contributed by atoms with van der Waals surface area (Å²) in [6, 6.07) is 3.77. The minimum Gasteiger partial charge on any atom is -0.469 e. The molecule has 2 atom stereocenters. The Labute approximate surface area is 145 Å². The first-order chi connectivity index (χ1) is 11.7. The number of aromatic nitrogens is 3. The fraction of sp³-hybridized carbons (Fsp3) is 0.529. The molecule has 1 N–H and O–H groups in total. The van der Waals surface area contributed by atoms with Gasteiger partial charge in [0.2, 0.25) is 5.28 Å². The molecule has 3 fully saturated rings. The smallest absolute Gasteiger partial charge is 0.311 e. The summed E-state index contributed by atoms with van der Waals surface area (Å²) in [5.41, 5.74) is 0.551. The van der Waals surface area contributed by atoms with Crippen LogP contribution in [0.15, 0.2) is 18.3 Å². The molecule has 3 saturated carbocycles. The molecule has 0 aromatic carbocycles. The second-order valence-electron chi connectivity index (χ2n) is 6.61. The second kappa shape index (κ2) is 6.16. The van der Waals surface area contributed by atoms with E-state index in [0.717, 1.165) is 31.1 Å². The lowest BCUT2D eigenvalue weighted by molar-refractivity contribution is -0.152. The topological polar surface area (TPSA) is 77.0 Å². The number of hydrogen-bond donors (Lipinski definition) is 1. The molecule has 2 heterocycles. The predicted octanol–water partition coefficient (Wildman–Crippen LogP) is 3.07. The van der Waals surface area contributed by atoms with E-state index < -0.39 is 0 Å². The van der Waals surface area contributed by atoms with E-state index in [0.29, 0.717) is 23.3 Å². The van der Waals surface area contributed by atoms with Crippen LogP contribution in [0.3, 0.4) is 0 Å². The van der Waals surface area contributed by atoms with Crippen LogP contribution < -0.4 is 5.32 Å². The number of methoxy groups -OCH3 is 1. The summed E-state index contributed by atoms with van der Waals surface area (Å²) < 4.78 is 5.07. The molecule has 0 spiro atoms. The number of ether oxygens (including phenoxy) is 1. The first-order valence-corrected chi connectivity index (χ1v) is 8.68. The summed E-state index contributed by atoms with van der Waals surface area (Å²) in [5, 5.41) is 4.45. The number of pyridine rings is 1. The Balaban J connectivity index is 1.72. The van der Waals surface area contributed by atoms with E-state index in [4.69, 9.17) is 16.3 Å². The van der Waals surface area contributed by atoms with Crippen molar-refractivity contribution >= 4 is 34.4 Å². The van der Waals surface area contributed by atoms with Crippen LogP contribution in [0.5, 0.6) is 0 Å². The lowest BCUT2D eigenvalue weighted by atomic mass is 9.61. The van der Waals surface area contributed by atoms with E-state index in [2.05, 4.69) is 20.3 Å². The molecule has 2 aromatic rings. The normalized spacial score (nSPS) is 28.8. The van der Waals surface area contributed by atoms with Gasteiger partial charge in [-0.1, -0.05) is 0 Å². The van der Waals surface area contributed by atoms with Gasteiger partial charge < -0.3 is 10.1 Å². The highest BCUT2D eigenvalue weighted by molar-refractivity contribution is 6.28. The maximum Gasteiger partial charge on any atom is 0.311 e. The van der Waals surface area contributed by atoms with Crippen LogP contribution in [0.25, 0.3) is 11.0 Å². The van der Waals surface area contributed by atoms with Crippen molar-refractivity contribution in [3.8, 4) is 0 Å². The molecule has 0 saturated heterocycles. The van der Waals surface area contributed by atoms with Crippen LogP contribution in [0.1, 0.15) is 25.7 Å². The molecule has 2 unspecified atom stereocenters. The second-order valence-corrected chi connectivity index (χ2v) is 6.95. The van der Waals surface area contributed by atoms with Crippen molar-refractivity contribution in [2.45, 2.75) is 31.7 Å². The number of fused-ring (bicyclic) bond motifs is 4. The Hall–Kier alpha value is -1.95. The number of esters is 1. The SMILES string of the molecule is COC(=O)C1C2CCC(CC2)C1Nc1nc(Cl)nc2ncccc12. The largest absolute Gasteiger partial charge is 0.469 e. The highest BCUT2D eigenvalue weighted by Gasteiger charge is 2.48. The quantitative estimate of drug-likeness (QED) is 0.680. The molecule has 126 valence electrons. The van der Waals surface area contributed by atoms with Gasteiger partial charge in [-0.25, -0.2) is 9.97 Å². The fourth-order valence-electron chi connectivity index (χ4n) is 4.34. The number of carbonyl (C=O) groups excluding carboxylic acids is 1. The van der Waals surface area contributed by atoms with Gasteiger partial charge in [0.25, 0.3) is 0 Å². The summed E-state index contributed by atoms with van der Waals surface area (Å²) in [7, 11) is 1.46. The lowest BCUT2D eigenvalue weighted by Gasteiger charge is -2.47. The number of halogens is 1. The summed E-state index contributed by atoms with van der Waals surface area (Å²) in [5.74, 6) is 1.19. The van der Waals surface area contributed by atoms with Gasteiger partial charge >= 0.3 is 5.97 Å². The van der Waals surface area contributed by atoms with Crippen LogP contribution in [0, 0.1) is 17.8 Å². The van der Waals surface area contributed by atoms with Gasteiger partial charge in [-0.05, 0) is 61.3 Å². The summed E-state index contributed by atoms with van der Waals surface area (Å²) >= 11 is 6.05. The van der Waals surface area contributed by atoms with Gasteiger partial charge in [0, 0.05) is 12.2 Å². The Morgan fingerprint density at radius 2 is 2.00 bits per heavy atom. The molecule has 3 aliphatic rings. The highest BCUT2D eigenvalue weighted by atomic mass is 35.5. The fourth-order valence-corrected chi connectivity index (χ4v) is 4.50. The van der Waals surface area contributed by atoms with Crippen molar-refractivity contribution in [2.24, 2.45) is 17.8 Å². The third-order valence-electron chi connectivity index (χ3n) is 5.44. The zero-order valence-corrected chi connectivity index (χ0v) is 14.2. The Kier molecular flexibility index (Phi) is 4.00. The minimum absolute atomic E-state index is 0.0133. The van der Waals surface area contributed by atoms with Crippen LogP contribution in [-0.4, -0.2) is 34.1 Å². The van der Waals surface area contributed by atoms with Crippen LogP contribution in [0.4, 0.5) is 5.82 Å². The number of nitrogens with one attached hydrogen (secondary N) is 1. The van der Waals surface area contributed by atoms with Crippen molar-refractivity contribution < 1.29 is 9.53 Å². The molecule has 2 aromatic heterocycles. The average Bonchev–Trinajstić information content (AvgIpc) is 2.62.